The van der Waals surface area contributed by atoms with Gasteiger partial charge in [-0.05, 0) is 60.6 Å². The minimum Gasteiger partial charge on any atom is -0.487 e. The zero-order chi connectivity index (χ0) is 27.3. The maximum Gasteiger partial charge on any atom is 0.424 e. The van der Waals surface area contributed by atoms with Crippen molar-refractivity contribution in [2.45, 2.75) is 66.3 Å². The number of hydrogen-bond donors (Lipinski definition) is 0. The van der Waals surface area contributed by atoms with Crippen LogP contribution in [0.2, 0.25) is 5.02 Å². The van der Waals surface area contributed by atoms with E-state index in [1.54, 1.807) is 48.5 Å². The summed E-state index contributed by atoms with van der Waals surface area (Å²) in [6.07, 6.45) is -1.05. The lowest BCUT2D eigenvalue weighted by atomic mass is 10.2. The summed E-state index contributed by atoms with van der Waals surface area (Å²) >= 11 is 6.06. The Morgan fingerprint density at radius 1 is 1.03 bits per heavy atom. The zero-order valence-corrected chi connectivity index (χ0v) is 22.1. The molecule has 0 aliphatic heterocycles. The molecule has 0 aliphatic carbocycles. The van der Waals surface area contributed by atoms with Gasteiger partial charge in [-0.1, -0.05) is 17.7 Å². The van der Waals surface area contributed by atoms with Crippen molar-refractivity contribution >= 4 is 35.4 Å². The predicted molar refractivity (Wildman–Crippen MR) is 131 cm³/mol. The van der Waals surface area contributed by atoms with Gasteiger partial charge < -0.3 is 18.9 Å². The van der Waals surface area contributed by atoms with E-state index in [0.29, 0.717) is 4.90 Å². The number of amides is 2. The number of anilines is 1. The quantitative estimate of drug-likeness (QED) is 0.320. The van der Waals surface area contributed by atoms with Gasteiger partial charge >= 0.3 is 18.2 Å². The van der Waals surface area contributed by atoms with Crippen molar-refractivity contribution in [3.63, 3.8) is 0 Å². The summed E-state index contributed by atoms with van der Waals surface area (Å²) in [5, 5.41) is 0.149. The minimum atomic E-state index is -1.11. The van der Waals surface area contributed by atoms with Crippen LogP contribution in [0.5, 0.6) is 5.75 Å². The average Bonchev–Trinajstić information content (AvgIpc) is 2.71. The molecular formula is C25H30ClFN2O7. The van der Waals surface area contributed by atoms with Gasteiger partial charge in [0.05, 0.1) is 23.5 Å². The van der Waals surface area contributed by atoms with Crippen LogP contribution >= 0.6 is 11.6 Å². The lowest BCUT2D eigenvalue weighted by Crippen LogP contribution is -2.44. The van der Waals surface area contributed by atoms with Crippen molar-refractivity contribution in [3.05, 3.63) is 52.6 Å². The first-order chi connectivity index (χ1) is 16.6. The van der Waals surface area contributed by atoms with Crippen LogP contribution in [0.25, 0.3) is 0 Å². The average molecular weight is 525 g/mol. The Morgan fingerprint density at radius 3 is 2.11 bits per heavy atom. The second-order valence-corrected chi connectivity index (χ2v) is 9.95. The first kappa shape index (κ1) is 28.8. The Kier molecular flexibility index (Phi) is 9.26. The molecule has 11 heteroatoms. The lowest BCUT2D eigenvalue weighted by Gasteiger charge is -2.29. The molecule has 1 aromatic carbocycles. The molecule has 0 bridgehead atoms. The van der Waals surface area contributed by atoms with E-state index in [2.05, 4.69) is 4.98 Å². The van der Waals surface area contributed by atoms with Gasteiger partial charge in [-0.25, -0.2) is 23.8 Å². The molecule has 0 unspecified atom stereocenters. The highest BCUT2D eigenvalue weighted by atomic mass is 35.5. The molecule has 2 amide bonds. The molecule has 9 nitrogen and oxygen atoms in total. The van der Waals surface area contributed by atoms with Gasteiger partial charge in [0.2, 0.25) is 0 Å². The summed E-state index contributed by atoms with van der Waals surface area (Å²) in [6, 6.07) is 5.39. The van der Waals surface area contributed by atoms with E-state index < -0.39 is 35.2 Å². The van der Waals surface area contributed by atoms with Gasteiger partial charge in [0.15, 0.2) is 5.69 Å². The number of benzene rings is 1. The molecule has 36 heavy (non-hydrogen) atoms. The monoisotopic (exact) mass is 524 g/mol. The number of hydrogen-bond acceptors (Lipinski definition) is 8. The van der Waals surface area contributed by atoms with E-state index in [1.807, 2.05) is 0 Å². The molecule has 0 N–H and O–H groups in total. The number of nitrogens with zero attached hydrogens (tertiary/aromatic N) is 2. The molecule has 0 spiro atoms. The van der Waals surface area contributed by atoms with Crippen LogP contribution < -0.4 is 9.64 Å². The van der Waals surface area contributed by atoms with Crippen LogP contribution in [-0.4, -0.2) is 40.9 Å². The minimum absolute atomic E-state index is 0.00878. The summed E-state index contributed by atoms with van der Waals surface area (Å²) in [5.41, 5.74) is -2.53. The molecule has 2 aromatic rings. The van der Waals surface area contributed by atoms with Crippen LogP contribution in [0.15, 0.2) is 30.5 Å². The molecule has 0 fully saturated rings. The first-order valence-corrected chi connectivity index (χ1v) is 11.5. The second kappa shape index (κ2) is 11.6. The van der Waals surface area contributed by atoms with E-state index in [4.69, 9.17) is 30.5 Å². The van der Waals surface area contributed by atoms with E-state index in [1.165, 1.54) is 30.5 Å². The van der Waals surface area contributed by atoms with Crippen LogP contribution in [0.4, 0.5) is 19.7 Å². The van der Waals surface area contributed by atoms with Crippen molar-refractivity contribution in [1.82, 2.24) is 4.98 Å². The van der Waals surface area contributed by atoms with Crippen molar-refractivity contribution in [2.24, 2.45) is 0 Å². The van der Waals surface area contributed by atoms with Crippen molar-refractivity contribution in [3.8, 4) is 5.75 Å². The number of imide groups is 1. The second-order valence-electron chi connectivity index (χ2n) is 9.54. The third-order valence-corrected chi connectivity index (χ3v) is 4.50. The van der Waals surface area contributed by atoms with Gasteiger partial charge in [-0.3, -0.25) is 0 Å². The SMILES string of the molecule is CCOC(=O)c1ncc(OCc2c(F)cccc2Cl)cc1N(C(=O)OC(C)(C)C)C(=O)OC(C)(C)C. The van der Waals surface area contributed by atoms with Gasteiger partial charge in [-0.15, -0.1) is 0 Å². The Labute approximate surface area is 214 Å². The summed E-state index contributed by atoms with van der Waals surface area (Å²) in [6.45, 7) is 11.0. The molecule has 196 valence electrons. The number of aromatic nitrogens is 1. The summed E-state index contributed by atoms with van der Waals surface area (Å²) in [4.78, 5) is 43.5. The summed E-state index contributed by atoms with van der Waals surface area (Å²) in [5.74, 6) is -1.47. The van der Waals surface area contributed by atoms with Gasteiger partial charge in [-0.2, -0.15) is 4.90 Å². The predicted octanol–water partition coefficient (Wildman–Crippen LogP) is 6.31. The fourth-order valence-electron chi connectivity index (χ4n) is 2.75. The van der Waals surface area contributed by atoms with E-state index >= 15 is 0 Å². The molecule has 0 atom stereocenters. The van der Waals surface area contributed by atoms with Gasteiger partial charge in [0, 0.05) is 11.6 Å². The lowest BCUT2D eigenvalue weighted by molar-refractivity contribution is 0.0430. The molecule has 1 aromatic heterocycles. The number of halogens is 2. The Morgan fingerprint density at radius 2 is 1.61 bits per heavy atom. The van der Waals surface area contributed by atoms with Crippen molar-refractivity contribution < 1.29 is 37.7 Å². The van der Waals surface area contributed by atoms with Crippen LogP contribution in [0.1, 0.15) is 64.5 Å². The topological polar surface area (TPSA) is 104 Å². The summed E-state index contributed by atoms with van der Waals surface area (Å²) < 4.78 is 35.6. The van der Waals surface area contributed by atoms with E-state index in [0.717, 1.165) is 0 Å². The molecule has 1 heterocycles. The number of carbonyl (C=O) groups is 3. The third kappa shape index (κ3) is 8.08. The van der Waals surface area contributed by atoms with Crippen LogP contribution in [-0.2, 0) is 20.8 Å². The largest absolute Gasteiger partial charge is 0.487 e. The number of esters is 1. The zero-order valence-electron chi connectivity index (χ0n) is 21.3. The number of pyridine rings is 1. The smallest absolute Gasteiger partial charge is 0.424 e. The highest BCUT2D eigenvalue weighted by Gasteiger charge is 2.36. The Balaban J connectivity index is 2.58. The van der Waals surface area contributed by atoms with Gasteiger partial charge in [0.25, 0.3) is 0 Å². The van der Waals surface area contributed by atoms with Crippen molar-refractivity contribution in [2.75, 3.05) is 11.5 Å². The van der Waals surface area contributed by atoms with Crippen LogP contribution in [0.3, 0.4) is 0 Å². The first-order valence-electron chi connectivity index (χ1n) is 11.1. The Bertz CT molecular complexity index is 1080. The fourth-order valence-corrected chi connectivity index (χ4v) is 2.97. The molecule has 0 saturated carbocycles. The van der Waals surface area contributed by atoms with Crippen LogP contribution in [0, 0.1) is 5.82 Å². The fraction of sp³-hybridized carbons (Fsp3) is 0.440. The van der Waals surface area contributed by atoms with E-state index in [-0.39, 0.29) is 40.9 Å². The summed E-state index contributed by atoms with van der Waals surface area (Å²) in [7, 11) is 0. The molecule has 0 saturated heterocycles. The maximum atomic E-state index is 14.2. The van der Waals surface area contributed by atoms with Crippen molar-refractivity contribution in [1.29, 1.82) is 0 Å². The Hall–Kier alpha value is -3.40. The van der Waals surface area contributed by atoms with Gasteiger partial charge in [0.1, 0.15) is 29.4 Å². The molecule has 0 aliphatic rings. The number of carbonyl (C=O) groups excluding carboxylic acids is 3. The third-order valence-electron chi connectivity index (χ3n) is 4.15. The number of rotatable bonds is 6. The number of ether oxygens (including phenoxy) is 4. The molecular weight excluding hydrogens is 495 g/mol. The highest BCUT2D eigenvalue weighted by Crippen LogP contribution is 2.30. The standard InChI is InChI=1S/C25H30ClFN2O7/c1-8-33-21(30)20-19(29(22(31)35-24(2,3)4)23(32)36-25(5,6)7)12-15(13-28-20)34-14-16-17(26)10-9-11-18(16)27/h9-13H,8,14H2,1-7H3. The maximum absolute atomic E-state index is 14.2. The normalized spacial score (nSPS) is 11.5. The highest BCUT2D eigenvalue weighted by molar-refractivity contribution is 6.31. The molecule has 2 rings (SSSR count). The molecule has 0 radical (unpaired) electrons. The van der Waals surface area contributed by atoms with E-state index in [9.17, 15) is 18.8 Å².